The molecule has 0 spiro atoms. The van der Waals surface area contributed by atoms with Gasteiger partial charge in [-0.05, 0) is 24.4 Å². The molecule has 1 fully saturated rings. The lowest BCUT2D eigenvalue weighted by molar-refractivity contribution is -0.144. The highest BCUT2D eigenvalue weighted by atomic mass is 32.1. The zero-order chi connectivity index (χ0) is 14.1. The van der Waals surface area contributed by atoms with E-state index >= 15 is 0 Å². The summed E-state index contributed by atoms with van der Waals surface area (Å²) in [6.45, 7) is 2.01. The van der Waals surface area contributed by atoms with Crippen LogP contribution in [0.15, 0.2) is 16.2 Å². The van der Waals surface area contributed by atoms with Crippen molar-refractivity contribution in [2.75, 3.05) is 20.2 Å². The second-order valence-corrected chi connectivity index (χ2v) is 5.81. The average molecular weight is 293 g/mol. The summed E-state index contributed by atoms with van der Waals surface area (Å²) in [5.41, 5.74) is 0.640. The normalized spacial score (nSPS) is 19.6. The number of thiophene rings is 1. The number of aromatic amines is 1. The van der Waals surface area contributed by atoms with E-state index in [1.807, 2.05) is 11.4 Å². The third-order valence-electron chi connectivity index (χ3n) is 3.54. The topological polar surface area (TPSA) is 75.3 Å². The minimum absolute atomic E-state index is 0.0726. The van der Waals surface area contributed by atoms with E-state index in [4.69, 9.17) is 4.74 Å². The predicted molar refractivity (Wildman–Crippen MR) is 75.6 cm³/mol. The monoisotopic (exact) mass is 293 g/mol. The number of hydrogen-bond donors (Lipinski definition) is 1. The number of H-pyrrole nitrogens is 1. The first-order valence-corrected chi connectivity index (χ1v) is 7.32. The second kappa shape index (κ2) is 5.34. The average Bonchev–Trinajstić information content (AvgIpc) is 3.07. The summed E-state index contributed by atoms with van der Waals surface area (Å²) < 4.78 is 5.42. The first-order valence-electron chi connectivity index (χ1n) is 6.44. The molecule has 1 aliphatic heterocycles. The van der Waals surface area contributed by atoms with Gasteiger partial charge in [-0.15, -0.1) is 11.3 Å². The molecule has 106 valence electrons. The Morgan fingerprint density at radius 1 is 1.65 bits per heavy atom. The Kier molecular flexibility index (Phi) is 3.54. The maximum atomic E-state index is 11.9. The van der Waals surface area contributed by atoms with Crippen LogP contribution in [-0.2, 0) is 16.1 Å². The van der Waals surface area contributed by atoms with Gasteiger partial charge in [0.1, 0.15) is 10.5 Å². The van der Waals surface area contributed by atoms with E-state index in [0.717, 1.165) is 18.5 Å². The number of carbonyl (C=O) groups is 1. The highest BCUT2D eigenvalue weighted by Crippen LogP contribution is 2.19. The van der Waals surface area contributed by atoms with Crippen molar-refractivity contribution in [2.45, 2.75) is 13.0 Å². The van der Waals surface area contributed by atoms with Gasteiger partial charge in [0.05, 0.1) is 25.1 Å². The van der Waals surface area contributed by atoms with Crippen molar-refractivity contribution >= 4 is 27.5 Å². The van der Waals surface area contributed by atoms with Gasteiger partial charge in [0, 0.05) is 6.54 Å². The lowest BCUT2D eigenvalue weighted by Gasteiger charge is -2.14. The van der Waals surface area contributed by atoms with Crippen LogP contribution in [0.3, 0.4) is 0 Å². The molecule has 0 radical (unpaired) electrons. The number of aromatic nitrogens is 2. The van der Waals surface area contributed by atoms with Gasteiger partial charge >= 0.3 is 5.97 Å². The van der Waals surface area contributed by atoms with Crippen LogP contribution < -0.4 is 5.56 Å². The summed E-state index contributed by atoms with van der Waals surface area (Å²) in [6.07, 6.45) is 0.789. The molecule has 2 aromatic heterocycles. The van der Waals surface area contributed by atoms with E-state index in [2.05, 4.69) is 14.9 Å². The molecule has 7 heteroatoms. The maximum absolute atomic E-state index is 11.9. The molecule has 1 saturated heterocycles. The van der Waals surface area contributed by atoms with Crippen molar-refractivity contribution in [1.82, 2.24) is 14.9 Å². The Labute approximate surface area is 119 Å². The minimum Gasteiger partial charge on any atom is -0.469 e. The van der Waals surface area contributed by atoms with E-state index in [-0.39, 0.29) is 17.4 Å². The van der Waals surface area contributed by atoms with E-state index in [9.17, 15) is 9.59 Å². The second-order valence-electron chi connectivity index (χ2n) is 4.89. The number of hydrogen-bond acceptors (Lipinski definition) is 6. The predicted octanol–water partition coefficient (Wildman–Crippen LogP) is 0.979. The first kappa shape index (κ1) is 13.3. The van der Waals surface area contributed by atoms with Gasteiger partial charge in [-0.25, -0.2) is 4.98 Å². The summed E-state index contributed by atoms with van der Waals surface area (Å²) in [5, 5.41) is 1.86. The van der Waals surface area contributed by atoms with E-state index in [0.29, 0.717) is 23.6 Å². The lowest BCUT2D eigenvalue weighted by atomic mass is 10.1. The number of rotatable bonds is 3. The lowest BCUT2D eigenvalue weighted by Crippen LogP contribution is -2.25. The number of nitrogens with zero attached hydrogens (tertiary/aromatic N) is 2. The molecule has 0 aliphatic carbocycles. The fraction of sp³-hybridized carbons (Fsp3) is 0.462. The van der Waals surface area contributed by atoms with Gasteiger partial charge in [-0.2, -0.15) is 0 Å². The van der Waals surface area contributed by atoms with Gasteiger partial charge in [-0.1, -0.05) is 0 Å². The number of likely N-dealkylation sites (tertiary alicyclic amines) is 1. The Balaban J connectivity index is 1.74. The van der Waals surface area contributed by atoms with Gasteiger partial charge < -0.3 is 9.72 Å². The highest BCUT2D eigenvalue weighted by molar-refractivity contribution is 7.17. The van der Waals surface area contributed by atoms with Crippen molar-refractivity contribution < 1.29 is 9.53 Å². The van der Waals surface area contributed by atoms with Crippen molar-refractivity contribution in [1.29, 1.82) is 0 Å². The molecule has 1 unspecified atom stereocenters. The van der Waals surface area contributed by atoms with Crippen LogP contribution in [0.5, 0.6) is 0 Å². The molecular formula is C13H15N3O3S. The Bertz CT molecular complexity index is 693. The molecule has 0 amide bonds. The summed E-state index contributed by atoms with van der Waals surface area (Å²) in [6, 6.07) is 1.85. The number of methoxy groups -OCH3 is 1. The van der Waals surface area contributed by atoms with Crippen LogP contribution in [0.4, 0.5) is 0 Å². The SMILES string of the molecule is COC(=O)C1CCN(Cc2nc3ccsc3c(=O)[nH]2)C1. The van der Waals surface area contributed by atoms with Crippen LogP contribution in [-0.4, -0.2) is 41.0 Å². The molecule has 0 saturated carbocycles. The van der Waals surface area contributed by atoms with Crippen LogP contribution in [0.2, 0.25) is 0 Å². The number of nitrogens with one attached hydrogen (secondary N) is 1. The van der Waals surface area contributed by atoms with Crippen LogP contribution in [0.1, 0.15) is 12.2 Å². The molecule has 1 atom stereocenters. The minimum atomic E-state index is -0.165. The molecule has 3 heterocycles. The van der Waals surface area contributed by atoms with E-state index in [1.54, 1.807) is 0 Å². The smallest absolute Gasteiger partial charge is 0.310 e. The first-order chi connectivity index (χ1) is 9.67. The summed E-state index contributed by atoms with van der Waals surface area (Å²) >= 11 is 1.39. The number of fused-ring (bicyclic) bond motifs is 1. The van der Waals surface area contributed by atoms with Crippen molar-refractivity contribution in [2.24, 2.45) is 5.92 Å². The fourth-order valence-corrected chi connectivity index (χ4v) is 3.27. The summed E-state index contributed by atoms with van der Waals surface area (Å²) in [5.74, 6) is 0.408. The highest BCUT2D eigenvalue weighted by Gasteiger charge is 2.29. The van der Waals surface area contributed by atoms with E-state index in [1.165, 1.54) is 18.4 Å². The third-order valence-corrected chi connectivity index (χ3v) is 4.45. The fourth-order valence-electron chi connectivity index (χ4n) is 2.54. The van der Waals surface area contributed by atoms with Gasteiger partial charge in [-0.3, -0.25) is 14.5 Å². The van der Waals surface area contributed by atoms with Crippen LogP contribution in [0.25, 0.3) is 10.2 Å². The largest absolute Gasteiger partial charge is 0.469 e. The molecule has 0 aromatic carbocycles. The van der Waals surface area contributed by atoms with Crippen LogP contribution in [0, 0.1) is 5.92 Å². The maximum Gasteiger partial charge on any atom is 0.310 e. The van der Waals surface area contributed by atoms with Crippen molar-refractivity contribution in [3.8, 4) is 0 Å². The number of ether oxygens (including phenoxy) is 1. The third kappa shape index (κ3) is 2.46. The van der Waals surface area contributed by atoms with Crippen molar-refractivity contribution in [3.05, 3.63) is 27.6 Å². The number of carbonyl (C=O) groups excluding carboxylic acids is 1. The Hall–Kier alpha value is -1.73. The summed E-state index contributed by atoms with van der Waals surface area (Å²) in [7, 11) is 1.41. The van der Waals surface area contributed by atoms with Gasteiger partial charge in [0.15, 0.2) is 0 Å². The molecule has 20 heavy (non-hydrogen) atoms. The Morgan fingerprint density at radius 3 is 3.30 bits per heavy atom. The molecule has 1 aliphatic rings. The van der Waals surface area contributed by atoms with E-state index < -0.39 is 0 Å². The zero-order valence-corrected chi connectivity index (χ0v) is 11.9. The summed E-state index contributed by atoms with van der Waals surface area (Å²) in [4.78, 5) is 32.7. The molecule has 6 nitrogen and oxygen atoms in total. The molecule has 3 rings (SSSR count). The van der Waals surface area contributed by atoms with Gasteiger partial charge in [0.2, 0.25) is 0 Å². The molecular weight excluding hydrogens is 278 g/mol. The number of esters is 1. The molecule has 2 aromatic rings. The zero-order valence-electron chi connectivity index (χ0n) is 11.1. The standard InChI is InChI=1S/C13H15N3O3S/c1-19-13(18)8-2-4-16(6-8)7-10-14-9-3-5-20-11(9)12(17)15-10/h3,5,8H,2,4,6-7H2,1H3,(H,14,15,17). The molecule has 1 N–H and O–H groups in total. The quantitative estimate of drug-likeness (QED) is 0.854. The molecule has 0 bridgehead atoms. The Morgan fingerprint density at radius 2 is 2.50 bits per heavy atom. The van der Waals surface area contributed by atoms with Crippen molar-refractivity contribution in [3.63, 3.8) is 0 Å². The van der Waals surface area contributed by atoms with Gasteiger partial charge in [0.25, 0.3) is 5.56 Å². The van der Waals surface area contributed by atoms with Crippen LogP contribution >= 0.6 is 11.3 Å².